The first-order valence-electron chi connectivity index (χ1n) is 17.5. The number of imide groups is 1. The van der Waals surface area contributed by atoms with Gasteiger partial charge in [0.05, 0.1) is 23.3 Å². The van der Waals surface area contributed by atoms with Crippen molar-refractivity contribution in [2.45, 2.75) is 111 Å². The summed E-state index contributed by atoms with van der Waals surface area (Å²) in [6.07, 6.45) is 0.699. The van der Waals surface area contributed by atoms with Crippen LogP contribution in [0.3, 0.4) is 0 Å². The molecule has 0 fully saturated rings. The molecule has 3 amide bonds. The number of pyridine rings is 2. The largest absolute Gasteiger partial charge is 0.444 e. The first kappa shape index (κ1) is 40.5. The summed E-state index contributed by atoms with van der Waals surface area (Å²) in [6, 6.07) is 4.65. The van der Waals surface area contributed by atoms with Crippen LogP contribution in [-0.4, -0.2) is 60.8 Å². The van der Waals surface area contributed by atoms with Crippen LogP contribution in [0.4, 0.5) is 50.6 Å². The van der Waals surface area contributed by atoms with Crippen LogP contribution in [0.15, 0.2) is 43.4 Å². The van der Waals surface area contributed by atoms with E-state index in [1.165, 1.54) is 29.3 Å². The van der Waals surface area contributed by atoms with E-state index in [0.717, 1.165) is 0 Å². The highest BCUT2D eigenvalue weighted by Gasteiger charge is 2.36. The second-order valence-electron chi connectivity index (χ2n) is 16.3. The quantitative estimate of drug-likeness (QED) is 0.188. The first-order valence-corrected chi connectivity index (χ1v) is 17.5. The van der Waals surface area contributed by atoms with Crippen LogP contribution in [0, 0.1) is 12.7 Å². The van der Waals surface area contributed by atoms with Gasteiger partial charge in [-0.3, -0.25) is 15.0 Å². The van der Waals surface area contributed by atoms with Crippen molar-refractivity contribution in [2.24, 2.45) is 0 Å². The molecule has 1 aromatic carbocycles. The Morgan fingerprint density at radius 1 is 0.873 bits per heavy atom. The summed E-state index contributed by atoms with van der Waals surface area (Å²) in [6.45, 7) is 19.7. The number of rotatable bonds is 5. The number of amides is 3. The van der Waals surface area contributed by atoms with Gasteiger partial charge < -0.3 is 19.5 Å². The predicted molar refractivity (Wildman–Crippen MR) is 203 cm³/mol. The van der Waals surface area contributed by atoms with E-state index in [1.54, 1.807) is 81.4 Å². The lowest BCUT2D eigenvalue weighted by Crippen LogP contribution is -2.44. The number of aromatic nitrogens is 4. The van der Waals surface area contributed by atoms with Gasteiger partial charge in [0.1, 0.15) is 29.2 Å². The molecule has 294 valence electrons. The van der Waals surface area contributed by atoms with Crippen molar-refractivity contribution in [1.29, 1.82) is 0 Å². The summed E-state index contributed by atoms with van der Waals surface area (Å²) in [5.74, 6) is -3.39. The highest BCUT2D eigenvalue weighted by Crippen LogP contribution is 2.40. The smallest absolute Gasteiger partial charge is 0.424 e. The average Bonchev–Trinajstić information content (AvgIpc) is 3.36. The molecule has 1 aliphatic rings. The summed E-state index contributed by atoms with van der Waals surface area (Å²) in [4.78, 5) is 49.4. The molecule has 0 atom stereocenters. The molecule has 16 heteroatoms. The molecular formula is C39H46F3N7O6. The average molecular weight is 766 g/mol. The van der Waals surface area contributed by atoms with E-state index in [9.17, 15) is 23.2 Å². The summed E-state index contributed by atoms with van der Waals surface area (Å²) < 4.78 is 63.4. The zero-order valence-electron chi connectivity index (χ0n) is 32.6. The minimum absolute atomic E-state index is 0.0362. The van der Waals surface area contributed by atoms with E-state index in [1.807, 2.05) is 0 Å². The Morgan fingerprint density at radius 3 is 2.09 bits per heavy atom. The van der Waals surface area contributed by atoms with Crippen molar-refractivity contribution in [3.05, 3.63) is 60.4 Å². The molecular weight excluding hydrogens is 719 g/mol. The van der Waals surface area contributed by atoms with E-state index in [2.05, 4.69) is 32.3 Å². The van der Waals surface area contributed by atoms with Crippen LogP contribution in [0.25, 0.3) is 27.5 Å². The molecule has 0 aliphatic carbocycles. The molecule has 4 aromatic rings. The zero-order chi connectivity index (χ0) is 40.8. The van der Waals surface area contributed by atoms with Crippen molar-refractivity contribution in [3.8, 4) is 11.1 Å². The molecule has 2 N–H and O–H groups in total. The van der Waals surface area contributed by atoms with E-state index in [-0.39, 0.29) is 57.9 Å². The van der Waals surface area contributed by atoms with Gasteiger partial charge >= 0.3 is 18.3 Å². The minimum atomic E-state index is -2.96. The van der Waals surface area contributed by atoms with E-state index >= 15 is 4.39 Å². The lowest BCUT2D eigenvalue weighted by atomic mass is 9.97. The van der Waals surface area contributed by atoms with Crippen LogP contribution < -0.4 is 15.5 Å². The minimum Gasteiger partial charge on any atom is -0.444 e. The van der Waals surface area contributed by atoms with Crippen molar-refractivity contribution < 1.29 is 41.8 Å². The SMILES string of the molecule is C=C1CCC(F)(F)Cn2nc(Nc3cc4cc(-c5cncc(N(C(=O)OC(C)(C)C)C(=O)OC(C)(C)C)c5C)c(F)c(NC(=O)OC(C)(C)C)c4cn3)cc21. The fourth-order valence-corrected chi connectivity index (χ4v) is 5.73. The van der Waals surface area contributed by atoms with E-state index in [0.29, 0.717) is 21.6 Å². The number of hydrogen-bond acceptors (Lipinski definition) is 10. The Bertz CT molecular complexity index is 2150. The van der Waals surface area contributed by atoms with E-state index in [4.69, 9.17) is 14.2 Å². The molecule has 5 rings (SSSR count). The van der Waals surface area contributed by atoms with Crippen LogP contribution >= 0.6 is 0 Å². The fraction of sp³-hybridized carbons (Fsp3) is 0.436. The van der Waals surface area contributed by atoms with Gasteiger partial charge in [0.15, 0.2) is 11.6 Å². The van der Waals surface area contributed by atoms with Gasteiger partial charge in [0.25, 0.3) is 5.92 Å². The third kappa shape index (κ3) is 9.72. The van der Waals surface area contributed by atoms with Gasteiger partial charge in [-0.25, -0.2) is 32.5 Å². The Balaban J connectivity index is 1.65. The van der Waals surface area contributed by atoms with Crippen LogP contribution in [0.2, 0.25) is 0 Å². The fourth-order valence-electron chi connectivity index (χ4n) is 5.73. The summed E-state index contributed by atoms with van der Waals surface area (Å²) in [7, 11) is 0. The number of carbonyl (C=O) groups excluding carboxylic acids is 3. The molecule has 13 nitrogen and oxygen atoms in total. The summed E-state index contributed by atoms with van der Waals surface area (Å²) in [5.41, 5.74) is -1.88. The number of hydrogen-bond donors (Lipinski definition) is 2. The van der Waals surface area contributed by atoms with Crippen molar-refractivity contribution in [3.63, 3.8) is 0 Å². The second kappa shape index (κ2) is 14.5. The molecule has 55 heavy (non-hydrogen) atoms. The van der Waals surface area contributed by atoms with Crippen LogP contribution in [0.5, 0.6) is 0 Å². The highest BCUT2D eigenvalue weighted by atomic mass is 19.3. The lowest BCUT2D eigenvalue weighted by molar-refractivity contribution is -0.0237. The molecule has 0 unspecified atom stereocenters. The molecule has 0 radical (unpaired) electrons. The third-order valence-corrected chi connectivity index (χ3v) is 8.03. The number of fused-ring (bicyclic) bond motifs is 2. The number of allylic oxidation sites excluding steroid dienone is 1. The number of nitrogens with zero attached hydrogens (tertiary/aromatic N) is 5. The predicted octanol–water partition coefficient (Wildman–Crippen LogP) is 10.2. The number of halogens is 3. The maximum atomic E-state index is 16.8. The molecule has 0 saturated carbocycles. The van der Waals surface area contributed by atoms with Gasteiger partial charge in [-0.2, -0.15) is 10.00 Å². The Kier molecular flexibility index (Phi) is 10.7. The Morgan fingerprint density at radius 2 is 1.49 bits per heavy atom. The number of benzene rings is 1. The monoisotopic (exact) mass is 765 g/mol. The number of anilines is 4. The third-order valence-electron chi connectivity index (χ3n) is 8.03. The van der Waals surface area contributed by atoms with Gasteiger partial charge in [-0.05, 0) is 104 Å². The maximum Gasteiger partial charge on any atom is 0.424 e. The standard InChI is InChI=1S/C39H46F3N7O6/c1-21-12-13-39(41,42)20-48-27(21)16-30(47-48)45-29-15-23-14-24(31(40)32(26(23)18-44-29)46-33(50)53-36(3,4)5)25-17-43-19-28(22(25)2)49(34(51)54-37(6,7)8)35(52)55-38(9,10)11/h14-19H,1,12-13,20H2,2-11H3,(H,46,50)(H,44,45,47). The van der Waals surface area contributed by atoms with Gasteiger partial charge in [0, 0.05) is 41.4 Å². The van der Waals surface area contributed by atoms with Gasteiger partial charge in [-0.1, -0.05) is 6.58 Å². The van der Waals surface area contributed by atoms with Crippen molar-refractivity contribution in [2.75, 3.05) is 15.5 Å². The van der Waals surface area contributed by atoms with Crippen molar-refractivity contribution >= 4 is 57.6 Å². The highest BCUT2D eigenvalue weighted by molar-refractivity contribution is 6.11. The summed E-state index contributed by atoms with van der Waals surface area (Å²) in [5, 5.41) is 10.4. The number of ether oxygens (including phenoxy) is 3. The molecule has 0 bridgehead atoms. The number of alkyl halides is 2. The zero-order valence-corrected chi connectivity index (χ0v) is 32.6. The topological polar surface area (TPSA) is 150 Å². The molecule has 1 aliphatic heterocycles. The van der Waals surface area contributed by atoms with Gasteiger partial charge in [0.2, 0.25) is 0 Å². The molecule has 4 heterocycles. The second-order valence-corrected chi connectivity index (χ2v) is 16.3. The normalized spacial score (nSPS) is 14.5. The number of nitrogens with one attached hydrogen (secondary N) is 2. The molecule has 3 aromatic heterocycles. The maximum absolute atomic E-state index is 16.8. The Hall–Kier alpha value is -5.67. The number of carbonyl (C=O) groups is 3. The first-order chi connectivity index (χ1) is 25.3. The lowest BCUT2D eigenvalue weighted by Gasteiger charge is -2.29. The summed E-state index contributed by atoms with van der Waals surface area (Å²) >= 11 is 0. The van der Waals surface area contributed by atoms with E-state index < -0.39 is 53.4 Å². The van der Waals surface area contributed by atoms with Crippen molar-refractivity contribution in [1.82, 2.24) is 19.7 Å². The van der Waals surface area contributed by atoms with Crippen LogP contribution in [-0.2, 0) is 20.8 Å². The molecule has 0 saturated heterocycles. The molecule has 0 spiro atoms. The van der Waals surface area contributed by atoms with Crippen LogP contribution in [0.1, 0.15) is 86.4 Å². The van der Waals surface area contributed by atoms with Gasteiger partial charge in [-0.15, -0.1) is 0 Å². The Labute approximate surface area is 317 Å².